The predicted octanol–water partition coefficient (Wildman–Crippen LogP) is 5.37. The third-order valence-corrected chi connectivity index (χ3v) is 7.01. The largest absolute Gasteiger partial charge is 0.416 e. The second kappa shape index (κ2) is 8.95. The molecular formula is C23H21F3N6S2. The lowest BCUT2D eigenvalue weighted by Crippen LogP contribution is -2.50. The number of alkyl halides is 3. The fourth-order valence-electron chi connectivity index (χ4n) is 4.13. The van der Waals surface area contributed by atoms with Gasteiger partial charge in [0.25, 0.3) is 0 Å². The highest BCUT2D eigenvalue weighted by Gasteiger charge is 2.31. The van der Waals surface area contributed by atoms with E-state index in [1.165, 1.54) is 17.3 Å². The molecule has 0 bridgehead atoms. The van der Waals surface area contributed by atoms with Crippen LogP contribution in [0.25, 0.3) is 21.9 Å². The topological polar surface area (TPSA) is 60.1 Å². The zero-order chi connectivity index (χ0) is 23.9. The Balaban J connectivity index is 1.33. The zero-order valence-corrected chi connectivity index (χ0v) is 19.8. The quantitative estimate of drug-likeness (QED) is 0.289. The van der Waals surface area contributed by atoms with Crippen LogP contribution in [0.3, 0.4) is 0 Å². The molecule has 34 heavy (non-hydrogen) atoms. The van der Waals surface area contributed by atoms with Crippen LogP contribution < -0.4 is 10.2 Å². The molecule has 2 aromatic carbocycles. The van der Waals surface area contributed by atoms with Crippen molar-refractivity contribution >= 4 is 62.5 Å². The molecule has 1 fully saturated rings. The SMILES string of the molecule is CSc1ccc(NC(=S)N2CCN(c3ncnc4[nH]c5cc(C(F)(F)F)ccc5c34)CC2)cc1. The molecule has 2 aromatic heterocycles. The van der Waals surface area contributed by atoms with Gasteiger partial charge in [-0.2, -0.15) is 13.2 Å². The number of H-pyrrole nitrogens is 1. The molecule has 0 radical (unpaired) electrons. The van der Waals surface area contributed by atoms with E-state index in [0.717, 1.165) is 23.2 Å². The smallest absolute Gasteiger partial charge is 0.352 e. The van der Waals surface area contributed by atoms with Gasteiger partial charge in [-0.3, -0.25) is 0 Å². The van der Waals surface area contributed by atoms with E-state index in [1.807, 2.05) is 30.5 Å². The Morgan fingerprint density at radius 1 is 1.06 bits per heavy atom. The van der Waals surface area contributed by atoms with Crippen molar-refractivity contribution < 1.29 is 13.2 Å². The number of nitrogens with zero attached hydrogens (tertiary/aromatic N) is 4. The molecule has 5 rings (SSSR count). The van der Waals surface area contributed by atoms with E-state index in [1.54, 1.807) is 11.8 Å². The summed E-state index contributed by atoms with van der Waals surface area (Å²) in [5, 5.41) is 5.36. The lowest BCUT2D eigenvalue weighted by molar-refractivity contribution is -0.137. The molecule has 1 saturated heterocycles. The maximum atomic E-state index is 13.1. The van der Waals surface area contributed by atoms with Gasteiger partial charge in [-0.25, -0.2) is 9.97 Å². The Labute approximate surface area is 203 Å². The molecule has 1 aliphatic heterocycles. The number of hydrogen-bond acceptors (Lipinski definition) is 5. The van der Waals surface area contributed by atoms with Gasteiger partial charge in [0.2, 0.25) is 0 Å². The van der Waals surface area contributed by atoms with E-state index in [9.17, 15) is 13.2 Å². The molecule has 1 aliphatic rings. The predicted molar refractivity (Wildman–Crippen MR) is 135 cm³/mol. The van der Waals surface area contributed by atoms with E-state index in [-0.39, 0.29) is 0 Å². The molecule has 4 aromatic rings. The third kappa shape index (κ3) is 4.37. The van der Waals surface area contributed by atoms with Crippen LogP contribution in [0, 0.1) is 0 Å². The van der Waals surface area contributed by atoms with Gasteiger partial charge in [0.05, 0.1) is 10.9 Å². The first-order valence-electron chi connectivity index (χ1n) is 10.6. The number of halogens is 3. The number of nitrogens with one attached hydrogen (secondary N) is 2. The number of rotatable bonds is 3. The highest BCUT2D eigenvalue weighted by molar-refractivity contribution is 7.98. The maximum absolute atomic E-state index is 13.1. The minimum absolute atomic E-state index is 0.392. The number of aromatic amines is 1. The normalized spacial score (nSPS) is 14.7. The number of fused-ring (bicyclic) bond motifs is 3. The summed E-state index contributed by atoms with van der Waals surface area (Å²) >= 11 is 7.30. The van der Waals surface area contributed by atoms with Crippen LogP contribution in [0.2, 0.25) is 0 Å². The molecule has 0 spiro atoms. The Morgan fingerprint density at radius 2 is 1.79 bits per heavy atom. The monoisotopic (exact) mass is 502 g/mol. The van der Waals surface area contributed by atoms with Crippen molar-refractivity contribution in [1.82, 2.24) is 19.9 Å². The maximum Gasteiger partial charge on any atom is 0.416 e. The molecule has 3 heterocycles. The number of thioether (sulfide) groups is 1. The van der Waals surface area contributed by atoms with Crippen LogP contribution >= 0.6 is 24.0 Å². The van der Waals surface area contributed by atoms with Gasteiger partial charge in [0.1, 0.15) is 17.8 Å². The second-order valence-corrected chi connectivity index (χ2v) is 9.20. The molecule has 0 amide bonds. The lowest BCUT2D eigenvalue weighted by atomic mass is 10.1. The van der Waals surface area contributed by atoms with Crippen molar-refractivity contribution in [3.63, 3.8) is 0 Å². The van der Waals surface area contributed by atoms with Gasteiger partial charge < -0.3 is 20.1 Å². The first-order valence-corrected chi connectivity index (χ1v) is 12.3. The average molecular weight is 503 g/mol. The molecule has 0 atom stereocenters. The van der Waals surface area contributed by atoms with Gasteiger partial charge in [0, 0.05) is 47.7 Å². The molecule has 11 heteroatoms. The van der Waals surface area contributed by atoms with Crippen LogP contribution in [0.1, 0.15) is 5.56 Å². The minimum atomic E-state index is -4.40. The van der Waals surface area contributed by atoms with Crippen molar-refractivity contribution in [2.45, 2.75) is 11.1 Å². The average Bonchev–Trinajstić information content (AvgIpc) is 3.22. The van der Waals surface area contributed by atoms with Crippen LogP contribution in [0.15, 0.2) is 53.7 Å². The van der Waals surface area contributed by atoms with E-state index < -0.39 is 11.7 Å². The van der Waals surface area contributed by atoms with Crippen molar-refractivity contribution in [2.75, 3.05) is 42.7 Å². The summed E-state index contributed by atoms with van der Waals surface area (Å²) in [5.41, 5.74) is 1.16. The summed E-state index contributed by atoms with van der Waals surface area (Å²) < 4.78 is 39.4. The zero-order valence-electron chi connectivity index (χ0n) is 18.2. The minimum Gasteiger partial charge on any atom is -0.352 e. The Kier molecular flexibility index (Phi) is 5.98. The van der Waals surface area contributed by atoms with E-state index in [0.29, 0.717) is 53.7 Å². The second-order valence-electron chi connectivity index (χ2n) is 7.94. The first kappa shape index (κ1) is 22.7. The number of anilines is 2. The molecule has 176 valence electrons. The van der Waals surface area contributed by atoms with Gasteiger partial charge in [0.15, 0.2) is 5.11 Å². The van der Waals surface area contributed by atoms with E-state index in [4.69, 9.17) is 12.2 Å². The highest BCUT2D eigenvalue weighted by atomic mass is 32.2. The van der Waals surface area contributed by atoms with Crippen molar-refractivity contribution in [3.8, 4) is 0 Å². The fourth-order valence-corrected chi connectivity index (χ4v) is 4.84. The first-order chi connectivity index (χ1) is 16.3. The fraction of sp³-hybridized carbons (Fsp3) is 0.261. The molecular weight excluding hydrogens is 481 g/mol. The van der Waals surface area contributed by atoms with Crippen molar-refractivity contribution in [1.29, 1.82) is 0 Å². The summed E-state index contributed by atoms with van der Waals surface area (Å²) in [4.78, 5) is 17.2. The van der Waals surface area contributed by atoms with Gasteiger partial charge >= 0.3 is 6.18 Å². The number of aromatic nitrogens is 3. The van der Waals surface area contributed by atoms with E-state index >= 15 is 0 Å². The number of thiocarbonyl (C=S) groups is 1. The van der Waals surface area contributed by atoms with Crippen LogP contribution in [-0.2, 0) is 6.18 Å². The van der Waals surface area contributed by atoms with Gasteiger partial charge in [-0.05, 0) is 54.9 Å². The van der Waals surface area contributed by atoms with Crippen LogP contribution in [-0.4, -0.2) is 57.4 Å². The summed E-state index contributed by atoms with van der Waals surface area (Å²) in [6.45, 7) is 2.74. The van der Waals surface area contributed by atoms with Crippen LogP contribution in [0.5, 0.6) is 0 Å². The lowest BCUT2D eigenvalue weighted by Gasteiger charge is -2.37. The summed E-state index contributed by atoms with van der Waals surface area (Å²) in [5.74, 6) is 0.710. The third-order valence-electron chi connectivity index (χ3n) is 5.90. The standard InChI is InChI=1S/C23H21F3N6S2/c1-34-16-5-3-15(4-6-16)29-22(33)32-10-8-31(9-11-32)21-19-17-7-2-14(23(24,25)26)12-18(17)30-20(19)27-13-28-21/h2-7,12-13H,8-11H2,1H3,(H,29,33)(H,27,28,30). The van der Waals surface area contributed by atoms with Crippen LogP contribution in [0.4, 0.5) is 24.7 Å². The molecule has 0 saturated carbocycles. The molecule has 0 aliphatic carbocycles. The highest BCUT2D eigenvalue weighted by Crippen LogP contribution is 2.36. The molecule has 0 unspecified atom stereocenters. The number of hydrogen-bond donors (Lipinski definition) is 2. The van der Waals surface area contributed by atoms with E-state index in [2.05, 4.69) is 30.1 Å². The number of piperazine rings is 1. The summed E-state index contributed by atoms with van der Waals surface area (Å²) in [6.07, 6.45) is -0.928. The summed E-state index contributed by atoms with van der Waals surface area (Å²) in [6, 6.07) is 11.8. The molecule has 6 nitrogen and oxygen atoms in total. The Hall–Kier alpha value is -3.05. The number of benzene rings is 2. The van der Waals surface area contributed by atoms with Gasteiger partial charge in [-0.15, -0.1) is 11.8 Å². The van der Waals surface area contributed by atoms with Crippen molar-refractivity contribution in [2.24, 2.45) is 0 Å². The summed E-state index contributed by atoms with van der Waals surface area (Å²) in [7, 11) is 0. The van der Waals surface area contributed by atoms with Crippen molar-refractivity contribution in [3.05, 3.63) is 54.4 Å². The Morgan fingerprint density at radius 3 is 2.47 bits per heavy atom. The molecule has 2 N–H and O–H groups in total. The van der Waals surface area contributed by atoms with Gasteiger partial charge in [-0.1, -0.05) is 6.07 Å². The Bertz CT molecular complexity index is 1340.